The third-order valence-corrected chi connectivity index (χ3v) is 2.13. The SMILES string of the molecule is O=C(O)CC1COCCN1CC(F)F. The summed E-state index contributed by atoms with van der Waals surface area (Å²) >= 11 is 0. The first-order chi connectivity index (χ1) is 6.59. The van der Waals surface area contributed by atoms with E-state index in [1.54, 1.807) is 0 Å². The molecule has 82 valence electrons. The van der Waals surface area contributed by atoms with Gasteiger partial charge in [-0.25, -0.2) is 8.78 Å². The van der Waals surface area contributed by atoms with Crippen molar-refractivity contribution in [3.63, 3.8) is 0 Å². The fourth-order valence-corrected chi connectivity index (χ4v) is 1.50. The number of hydrogen-bond donors (Lipinski definition) is 1. The Balaban J connectivity index is 2.45. The summed E-state index contributed by atoms with van der Waals surface area (Å²) in [7, 11) is 0. The average molecular weight is 209 g/mol. The zero-order chi connectivity index (χ0) is 10.6. The monoisotopic (exact) mass is 209 g/mol. The smallest absolute Gasteiger partial charge is 0.305 e. The van der Waals surface area contributed by atoms with Gasteiger partial charge in [-0.05, 0) is 0 Å². The Bertz CT molecular complexity index is 201. The molecule has 1 atom stereocenters. The van der Waals surface area contributed by atoms with Gasteiger partial charge < -0.3 is 9.84 Å². The number of alkyl halides is 2. The second-order valence-corrected chi connectivity index (χ2v) is 3.21. The fourth-order valence-electron chi connectivity index (χ4n) is 1.50. The van der Waals surface area contributed by atoms with Crippen molar-refractivity contribution in [1.29, 1.82) is 0 Å². The van der Waals surface area contributed by atoms with E-state index in [0.29, 0.717) is 13.2 Å². The number of nitrogens with zero attached hydrogens (tertiary/aromatic N) is 1. The number of carbonyl (C=O) groups is 1. The number of aliphatic carboxylic acids is 1. The first-order valence-corrected chi connectivity index (χ1v) is 4.41. The van der Waals surface area contributed by atoms with E-state index in [1.165, 1.54) is 4.90 Å². The minimum Gasteiger partial charge on any atom is -0.481 e. The van der Waals surface area contributed by atoms with Crippen molar-refractivity contribution in [3.05, 3.63) is 0 Å². The lowest BCUT2D eigenvalue weighted by Crippen LogP contribution is -2.48. The van der Waals surface area contributed by atoms with Crippen LogP contribution in [0, 0.1) is 0 Å². The Labute approximate surface area is 80.4 Å². The Morgan fingerprint density at radius 1 is 1.64 bits per heavy atom. The third kappa shape index (κ3) is 3.55. The summed E-state index contributed by atoms with van der Waals surface area (Å²) in [6, 6.07) is -0.421. The van der Waals surface area contributed by atoms with Crippen LogP contribution in [0.1, 0.15) is 6.42 Å². The van der Waals surface area contributed by atoms with Gasteiger partial charge in [0.15, 0.2) is 0 Å². The van der Waals surface area contributed by atoms with Gasteiger partial charge in [0.05, 0.1) is 26.2 Å². The highest BCUT2D eigenvalue weighted by Crippen LogP contribution is 2.12. The summed E-state index contributed by atoms with van der Waals surface area (Å²) in [6.07, 6.45) is -2.57. The maximum absolute atomic E-state index is 12.1. The molecule has 1 saturated heterocycles. The van der Waals surface area contributed by atoms with Gasteiger partial charge in [-0.1, -0.05) is 0 Å². The molecule has 1 fully saturated rings. The third-order valence-electron chi connectivity index (χ3n) is 2.13. The van der Waals surface area contributed by atoms with Crippen LogP contribution in [-0.2, 0) is 9.53 Å². The van der Waals surface area contributed by atoms with Gasteiger partial charge in [-0.15, -0.1) is 0 Å². The predicted molar refractivity (Wildman–Crippen MR) is 44.4 cm³/mol. The van der Waals surface area contributed by atoms with Gasteiger partial charge in [-0.2, -0.15) is 0 Å². The quantitative estimate of drug-likeness (QED) is 0.729. The lowest BCUT2D eigenvalue weighted by atomic mass is 10.1. The Morgan fingerprint density at radius 2 is 2.36 bits per heavy atom. The molecule has 1 aliphatic rings. The highest BCUT2D eigenvalue weighted by Gasteiger charge is 2.27. The van der Waals surface area contributed by atoms with Crippen LogP contribution in [0.3, 0.4) is 0 Å². The zero-order valence-corrected chi connectivity index (χ0v) is 7.66. The van der Waals surface area contributed by atoms with Crippen molar-refractivity contribution in [2.24, 2.45) is 0 Å². The molecule has 14 heavy (non-hydrogen) atoms. The Morgan fingerprint density at radius 3 is 2.93 bits per heavy atom. The molecule has 0 aromatic heterocycles. The summed E-state index contributed by atoms with van der Waals surface area (Å²) in [5.41, 5.74) is 0. The topological polar surface area (TPSA) is 49.8 Å². The van der Waals surface area contributed by atoms with Crippen LogP contribution >= 0.6 is 0 Å². The molecule has 0 aromatic rings. The van der Waals surface area contributed by atoms with Gasteiger partial charge >= 0.3 is 5.97 Å². The van der Waals surface area contributed by atoms with E-state index < -0.39 is 18.4 Å². The lowest BCUT2D eigenvalue weighted by molar-refractivity contribution is -0.140. The van der Waals surface area contributed by atoms with Gasteiger partial charge in [0, 0.05) is 12.6 Å². The van der Waals surface area contributed by atoms with E-state index >= 15 is 0 Å². The molecule has 0 aliphatic carbocycles. The zero-order valence-electron chi connectivity index (χ0n) is 7.66. The minimum absolute atomic E-state index is 0.146. The average Bonchev–Trinajstić information content (AvgIpc) is 2.06. The van der Waals surface area contributed by atoms with E-state index in [2.05, 4.69) is 0 Å². The van der Waals surface area contributed by atoms with Crippen LogP contribution in [-0.4, -0.2) is 54.7 Å². The van der Waals surface area contributed by atoms with Gasteiger partial charge in [-0.3, -0.25) is 9.69 Å². The molecular weight excluding hydrogens is 196 g/mol. The van der Waals surface area contributed by atoms with Crippen molar-refractivity contribution in [2.45, 2.75) is 18.9 Å². The fraction of sp³-hybridized carbons (Fsp3) is 0.875. The van der Waals surface area contributed by atoms with Crippen molar-refractivity contribution >= 4 is 5.97 Å². The molecule has 6 heteroatoms. The van der Waals surface area contributed by atoms with Gasteiger partial charge in [0.1, 0.15) is 0 Å². The molecule has 0 radical (unpaired) electrons. The van der Waals surface area contributed by atoms with E-state index in [9.17, 15) is 13.6 Å². The van der Waals surface area contributed by atoms with E-state index in [0.717, 1.165) is 0 Å². The van der Waals surface area contributed by atoms with Crippen LogP contribution in [0.2, 0.25) is 0 Å². The first-order valence-electron chi connectivity index (χ1n) is 4.41. The summed E-state index contributed by atoms with van der Waals surface area (Å²) in [5, 5.41) is 8.55. The highest BCUT2D eigenvalue weighted by molar-refractivity contribution is 5.67. The minimum atomic E-state index is -2.43. The molecule has 4 nitrogen and oxygen atoms in total. The van der Waals surface area contributed by atoms with Crippen molar-refractivity contribution < 1.29 is 23.4 Å². The molecular formula is C8H13F2NO3. The number of hydrogen-bond acceptors (Lipinski definition) is 3. The molecule has 0 aromatic carbocycles. The largest absolute Gasteiger partial charge is 0.481 e. The molecule has 0 bridgehead atoms. The summed E-state index contributed by atoms with van der Waals surface area (Å²) in [5.74, 6) is -0.986. The lowest BCUT2D eigenvalue weighted by Gasteiger charge is -2.34. The van der Waals surface area contributed by atoms with E-state index in [1.807, 2.05) is 0 Å². The standard InChI is InChI=1S/C8H13F2NO3/c9-7(10)4-11-1-2-14-5-6(11)3-8(12)13/h6-7H,1-5H2,(H,12,13). The van der Waals surface area contributed by atoms with Crippen LogP contribution in [0.5, 0.6) is 0 Å². The van der Waals surface area contributed by atoms with E-state index in [-0.39, 0.29) is 19.6 Å². The highest BCUT2D eigenvalue weighted by atomic mass is 19.3. The number of morpholine rings is 1. The molecule has 1 heterocycles. The Kier molecular flexibility index (Phi) is 4.21. The molecule has 1 rings (SSSR count). The molecule has 1 unspecified atom stereocenters. The molecule has 0 spiro atoms. The number of halogens is 2. The molecule has 0 saturated carbocycles. The predicted octanol–water partition coefficient (Wildman–Crippen LogP) is 0.427. The van der Waals surface area contributed by atoms with Crippen LogP contribution in [0.25, 0.3) is 0 Å². The molecule has 1 aliphatic heterocycles. The summed E-state index contributed by atoms with van der Waals surface area (Å²) in [4.78, 5) is 11.9. The molecule has 1 N–H and O–H groups in total. The Hall–Kier alpha value is -0.750. The van der Waals surface area contributed by atoms with Crippen molar-refractivity contribution in [3.8, 4) is 0 Å². The number of ether oxygens (including phenoxy) is 1. The van der Waals surface area contributed by atoms with Crippen LogP contribution < -0.4 is 0 Å². The van der Waals surface area contributed by atoms with Crippen molar-refractivity contribution in [2.75, 3.05) is 26.3 Å². The maximum Gasteiger partial charge on any atom is 0.305 e. The van der Waals surface area contributed by atoms with Crippen LogP contribution in [0.15, 0.2) is 0 Å². The van der Waals surface area contributed by atoms with Gasteiger partial charge in [0.25, 0.3) is 6.43 Å². The summed E-state index contributed by atoms with van der Waals surface area (Å²) in [6.45, 7) is 0.617. The van der Waals surface area contributed by atoms with Gasteiger partial charge in [0.2, 0.25) is 0 Å². The normalized spacial score (nSPS) is 24.1. The number of carboxylic acids is 1. The maximum atomic E-state index is 12.1. The molecule has 0 amide bonds. The van der Waals surface area contributed by atoms with Crippen LogP contribution in [0.4, 0.5) is 8.78 Å². The number of rotatable bonds is 4. The summed E-state index contributed by atoms with van der Waals surface area (Å²) < 4.78 is 29.2. The first kappa shape index (κ1) is 11.3. The second-order valence-electron chi connectivity index (χ2n) is 3.21. The van der Waals surface area contributed by atoms with E-state index in [4.69, 9.17) is 9.84 Å². The second kappa shape index (κ2) is 5.21. The number of carboxylic acid groups (broad SMARTS) is 1. The van der Waals surface area contributed by atoms with Crippen molar-refractivity contribution in [1.82, 2.24) is 4.90 Å².